The highest BCUT2D eigenvalue weighted by Crippen LogP contribution is 2.36. The number of H-pyrrole nitrogens is 1. The number of rotatable bonds is 6. The number of esters is 1. The van der Waals surface area contributed by atoms with Crippen LogP contribution in [0.25, 0.3) is 33.2 Å². The van der Waals surface area contributed by atoms with Gasteiger partial charge in [-0.05, 0) is 36.8 Å². The van der Waals surface area contributed by atoms with Gasteiger partial charge in [-0.3, -0.25) is 4.79 Å². The number of nitrogens with one attached hydrogen (secondary N) is 1. The van der Waals surface area contributed by atoms with Gasteiger partial charge in [0.1, 0.15) is 16.9 Å². The summed E-state index contributed by atoms with van der Waals surface area (Å²) in [7, 11) is 0. The molecule has 2 aromatic carbocycles. The third kappa shape index (κ3) is 4.34. The van der Waals surface area contributed by atoms with Crippen LogP contribution in [0.5, 0.6) is 5.75 Å². The summed E-state index contributed by atoms with van der Waals surface area (Å²) in [4.78, 5) is 39.0. The number of carbonyl (C=O) groups is 2. The molecule has 0 bridgehead atoms. The molecule has 2 aromatic heterocycles. The van der Waals surface area contributed by atoms with Crippen molar-refractivity contribution in [1.29, 1.82) is 0 Å². The van der Waals surface area contributed by atoms with Gasteiger partial charge in [0.25, 0.3) is 5.56 Å². The Morgan fingerprint density at radius 2 is 1.84 bits per heavy atom. The number of carbonyl (C=O) groups excluding carboxylic acids is 1. The Morgan fingerprint density at radius 3 is 2.56 bits per heavy atom. The van der Waals surface area contributed by atoms with Gasteiger partial charge < -0.3 is 24.0 Å². The van der Waals surface area contributed by atoms with E-state index >= 15 is 0 Å². The Kier molecular flexibility index (Phi) is 6.94. The second kappa shape index (κ2) is 9.82. The van der Waals surface area contributed by atoms with Gasteiger partial charge in [0.05, 0.1) is 12.1 Å². The zero-order valence-electron chi connectivity index (χ0n) is 17.9. The third-order valence-electron chi connectivity index (χ3n) is 4.50. The van der Waals surface area contributed by atoms with Crippen molar-refractivity contribution in [2.24, 2.45) is 0 Å². The number of pyridine rings is 1. The van der Waals surface area contributed by atoms with Crippen LogP contribution in [0.3, 0.4) is 0 Å². The van der Waals surface area contributed by atoms with Crippen molar-refractivity contribution >= 4 is 34.0 Å². The molecule has 4 aromatic rings. The predicted octanol–water partition coefficient (Wildman–Crippen LogP) is 4.61. The number of benzene rings is 2. The number of aromatic nitrogens is 1. The topological polar surface area (TPSA) is 119 Å². The minimum absolute atomic E-state index is 0.0949. The molecule has 8 nitrogen and oxygen atoms in total. The molecule has 32 heavy (non-hydrogen) atoms. The van der Waals surface area contributed by atoms with Gasteiger partial charge in [0, 0.05) is 10.9 Å². The number of para-hydroxylation sites is 1. The molecular formula is C24H23NO7. The zero-order valence-corrected chi connectivity index (χ0v) is 17.9. The summed E-state index contributed by atoms with van der Waals surface area (Å²) in [5, 5.41) is 9.54. The molecule has 166 valence electrons. The van der Waals surface area contributed by atoms with Crippen molar-refractivity contribution in [3.05, 3.63) is 64.4 Å². The Bertz CT molecular complexity index is 1330. The molecule has 0 amide bonds. The maximum absolute atomic E-state index is 12.9. The van der Waals surface area contributed by atoms with E-state index in [2.05, 4.69) is 4.98 Å². The van der Waals surface area contributed by atoms with E-state index in [0.717, 1.165) is 0 Å². The van der Waals surface area contributed by atoms with E-state index in [1.807, 2.05) is 19.9 Å². The Hall–Kier alpha value is -4.07. The molecule has 0 aliphatic rings. The van der Waals surface area contributed by atoms with Crippen molar-refractivity contribution in [1.82, 2.24) is 4.98 Å². The summed E-state index contributed by atoms with van der Waals surface area (Å²) < 4.78 is 16.3. The quantitative estimate of drug-likeness (QED) is 0.423. The maximum Gasteiger partial charge on any atom is 0.344 e. The lowest BCUT2D eigenvalue weighted by molar-refractivity contribution is -0.139. The van der Waals surface area contributed by atoms with Crippen molar-refractivity contribution in [2.75, 3.05) is 13.2 Å². The maximum atomic E-state index is 12.9. The van der Waals surface area contributed by atoms with E-state index in [1.54, 1.807) is 49.4 Å². The van der Waals surface area contributed by atoms with Crippen molar-refractivity contribution in [3.63, 3.8) is 0 Å². The highest BCUT2D eigenvalue weighted by Gasteiger charge is 2.25. The number of hydrogen-bond acceptors (Lipinski definition) is 6. The van der Waals surface area contributed by atoms with Crippen LogP contribution in [0.4, 0.5) is 0 Å². The van der Waals surface area contributed by atoms with E-state index in [4.69, 9.17) is 19.0 Å². The normalized spacial score (nSPS) is 10.5. The lowest BCUT2D eigenvalue weighted by Gasteiger charge is -2.11. The Balaban J connectivity index is 0.00000141. The molecule has 8 heteroatoms. The van der Waals surface area contributed by atoms with Gasteiger partial charge in [-0.2, -0.15) is 0 Å². The largest absolute Gasteiger partial charge is 0.482 e. The predicted molar refractivity (Wildman–Crippen MR) is 120 cm³/mol. The first-order valence-electron chi connectivity index (χ1n) is 10.2. The molecule has 0 saturated carbocycles. The lowest BCUT2D eigenvalue weighted by Crippen LogP contribution is -2.21. The number of hydrogen-bond donors (Lipinski definition) is 2. The van der Waals surface area contributed by atoms with Gasteiger partial charge in [-0.15, -0.1) is 0 Å². The second-order valence-corrected chi connectivity index (χ2v) is 6.44. The van der Waals surface area contributed by atoms with E-state index in [-0.39, 0.29) is 23.5 Å². The van der Waals surface area contributed by atoms with Crippen LogP contribution in [0.15, 0.2) is 57.7 Å². The molecule has 0 fully saturated rings. The van der Waals surface area contributed by atoms with E-state index < -0.39 is 24.1 Å². The van der Waals surface area contributed by atoms with Gasteiger partial charge in [-0.25, -0.2) is 9.59 Å². The Labute approximate surface area is 183 Å². The van der Waals surface area contributed by atoms with Crippen LogP contribution in [-0.2, 0) is 9.53 Å². The summed E-state index contributed by atoms with van der Waals surface area (Å²) in [6, 6.07) is 13.6. The monoisotopic (exact) mass is 437 g/mol. The number of fused-ring (bicyclic) bond motifs is 3. The molecular weight excluding hydrogens is 414 g/mol. The second-order valence-electron chi connectivity index (χ2n) is 6.44. The molecule has 0 aliphatic carbocycles. The first kappa shape index (κ1) is 22.6. The fourth-order valence-electron chi connectivity index (χ4n) is 3.31. The van der Waals surface area contributed by atoms with Gasteiger partial charge in [0.2, 0.25) is 0 Å². The van der Waals surface area contributed by atoms with Crippen LogP contribution in [0.1, 0.15) is 31.1 Å². The summed E-state index contributed by atoms with van der Waals surface area (Å²) in [6.45, 7) is 5.22. The molecule has 0 saturated heterocycles. The summed E-state index contributed by atoms with van der Waals surface area (Å²) in [6.07, 6.45) is 0. The van der Waals surface area contributed by atoms with Crippen LogP contribution >= 0.6 is 0 Å². The molecule has 0 atom stereocenters. The van der Waals surface area contributed by atoms with Gasteiger partial charge in [0.15, 0.2) is 12.2 Å². The summed E-state index contributed by atoms with van der Waals surface area (Å²) in [5.41, 5.74) is 1.21. The number of carboxylic acid groups (broad SMARTS) is 1. The van der Waals surface area contributed by atoms with E-state index in [1.165, 1.54) is 0 Å². The first-order chi connectivity index (χ1) is 15.5. The molecule has 0 aliphatic heterocycles. The summed E-state index contributed by atoms with van der Waals surface area (Å²) >= 11 is 0. The van der Waals surface area contributed by atoms with Crippen LogP contribution in [0.2, 0.25) is 0 Å². The summed E-state index contributed by atoms with van der Waals surface area (Å²) in [5.74, 6) is -1.63. The number of ether oxygens (including phenoxy) is 2. The number of aliphatic carboxylic acids is 1. The zero-order chi connectivity index (χ0) is 23.3. The fraction of sp³-hybridized carbons (Fsp3) is 0.208. The lowest BCUT2D eigenvalue weighted by atomic mass is 9.99. The van der Waals surface area contributed by atoms with Crippen LogP contribution in [0, 0.1) is 0 Å². The minimum Gasteiger partial charge on any atom is -0.482 e. The van der Waals surface area contributed by atoms with Gasteiger partial charge in [-0.1, -0.05) is 38.1 Å². The van der Waals surface area contributed by atoms with Crippen molar-refractivity contribution in [2.45, 2.75) is 20.8 Å². The first-order valence-corrected chi connectivity index (χ1v) is 10.2. The fourth-order valence-corrected chi connectivity index (χ4v) is 3.31. The SMILES string of the molecule is CC.CCOC(=O)c1c(-c2cccc(OCC(=O)O)c2)c2oc3ccccc3c2[nH]c1=O. The number of carboxylic acids is 1. The molecule has 4 rings (SSSR count). The minimum atomic E-state index is -1.12. The third-order valence-corrected chi connectivity index (χ3v) is 4.50. The van der Waals surface area contributed by atoms with E-state index in [0.29, 0.717) is 27.6 Å². The molecule has 0 unspecified atom stereocenters. The van der Waals surface area contributed by atoms with Crippen LogP contribution < -0.4 is 10.3 Å². The van der Waals surface area contributed by atoms with E-state index in [9.17, 15) is 14.4 Å². The molecule has 0 radical (unpaired) electrons. The molecule has 2 heterocycles. The van der Waals surface area contributed by atoms with Gasteiger partial charge >= 0.3 is 11.9 Å². The standard InChI is InChI=1S/C22H17NO7.C2H6/c1-2-28-22(27)18-17(12-6-5-7-13(10-12)29-11-16(24)25)20-19(23-21(18)26)14-8-3-4-9-15(14)30-20;1-2/h3-10H,2,11H2,1H3,(H,23,26)(H,24,25);1-2H3. The van der Waals surface area contributed by atoms with Crippen molar-refractivity contribution < 1.29 is 28.6 Å². The van der Waals surface area contributed by atoms with Crippen LogP contribution in [-0.4, -0.2) is 35.2 Å². The number of furan rings is 1. The molecule has 0 spiro atoms. The smallest absolute Gasteiger partial charge is 0.344 e. The molecule has 2 N–H and O–H groups in total. The average molecular weight is 437 g/mol. The average Bonchev–Trinajstić information content (AvgIpc) is 3.16. The highest BCUT2D eigenvalue weighted by molar-refractivity contribution is 6.12. The van der Waals surface area contributed by atoms with Crippen molar-refractivity contribution in [3.8, 4) is 16.9 Å². The Morgan fingerprint density at radius 1 is 1.09 bits per heavy atom. The number of aromatic amines is 1. The highest BCUT2D eigenvalue weighted by atomic mass is 16.5.